The molecule has 1 atom stereocenters. The monoisotopic (exact) mass is 225 g/mol. The fraction of sp³-hybridized carbons (Fsp3) is 0.545. The van der Waals surface area contributed by atoms with E-state index < -0.39 is 0 Å². The van der Waals surface area contributed by atoms with Crippen molar-refractivity contribution in [2.24, 2.45) is 11.8 Å². The lowest BCUT2D eigenvalue weighted by molar-refractivity contribution is 0.261. The molecule has 3 N–H and O–H groups in total. The second kappa shape index (κ2) is 4.92. The molecule has 0 spiro atoms. The summed E-state index contributed by atoms with van der Waals surface area (Å²) in [6.45, 7) is 0. The number of hydrogen-bond acceptors (Lipinski definition) is 3. The van der Waals surface area contributed by atoms with E-state index in [1.54, 1.807) is 6.20 Å². The highest BCUT2D eigenvalue weighted by Crippen LogP contribution is 2.34. The first-order chi connectivity index (χ1) is 7.29. The largest absolute Gasteiger partial charge is 0.271 e. The van der Waals surface area contributed by atoms with Crippen LogP contribution in [0.5, 0.6) is 0 Å². The molecule has 1 heterocycles. The summed E-state index contributed by atoms with van der Waals surface area (Å²) in [7, 11) is 0. The third-order valence-electron chi connectivity index (χ3n) is 3.15. The van der Waals surface area contributed by atoms with Gasteiger partial charge in [-0.1, -0.05) is 36.9 Å². The zero-order valence-corrected chi connectivity index (χ0v) is 9.37. The molecule has 1 aromatic heterocycles. The van der Waals surface area contributed by atoms with E-state index in [1.165, 1.54) is 19.3 Å². The van der Waals surface area contributed by atoms with Crippen LogP contribution >= 0.6 is 11.6 Å². The molecule has 1 aliphatic carbocycles. The lowest BCUT2D eigenvalue weighted by Gasteiger charge is -2.29. The summed E-state index contributed by atoms with van der Waals surface area (Å²) in [5, 5.41) is 0.526. The molecule has 1 aliphatic rings. The maximum absolute atomic E-state index is 5.74. The van der Waals surface area contributed by atoms with Gasteiger partial charge < -0.3 is 0 Å². The van der Waals surface area contributed by atoms with Crippen molar-refractivity contribution in [1.82, 2.24) is 10.4 Å². The van der Waals surface area contributed by atoms with Gasteiger partial charge in [-0.05, 0) is 24.0 Å². The van der Waals surface area contributed by atoms with Crippen LogP contribution in [0, 0.1) is 5.92 Å². The van der Waals surface area contributed by atoms with Crippen LogP contribution < -0.4 is 11.3 Å². The Morgan fingerprint density at radius 3 is 2.80 bits per heavy atom. The fourth-order valence-electron chi connectivity index (χ4n) is 1.96. The molecule has 1 unspecified atom stereocenters. The normalized spacial score (nSPS) is 18.5. The second-order valence-corrected chi connectivity index (χ2v) is 4.55. The molecular formula is C11H16ClN3. The minimum Gasteiger partial charge on any atom is -0.271 e. The van der Waals surface area contributed by atoms with Gasteiger partial charge in [-0.2, -0.15) is 0 Å². The number of nitrogens with one attached hydrogen (secondary N) is 1. The maximum atomic E-state index is 5.74. The molecule has 0 bridgehead atoms. The standard InChI is InChI=1S/C11H16ClN3/c12-11-5-4-9(7-14-11)10(15-13)6-8-2-1-3-8/h4-5,7-8,10,15H,1-3,6,13H2. The van der Waals surface area contributed by atoms with Crippen molar-refractivity contribution in [1.29, 1.82) is 0 Å². The molecule has 4 heteroatoms. The molecule has 2 rings (SSSR count). The van der Waals surface area contributed by atoms with Gasteiger partial charge in [0, 0.05) is 12.2 Å². The molecule has 1 aromatic rings. The lowest BCUT2D eigenvalue weighted by atomic mass is 9.80. The molecule has 1 fully saturated rings. The van der Waals surface area contributed by atoms with Crippen LogP contribution in [0.4, 0.5) is 0 Å². The van der Waals surface area contributed by atoms with Crippen molar-refractivity contribution in [3.8, 4) is 0 Å². The van der Waals surface area contributed by atoms with Crippen LogP contribution in [0.3, 0.4) is 0 Å². The van der Waals surface area contributed by atoms with E-state index in [2.05, 4.69) is 10.4 Å². The number of halogens is 1. The minimum atomic E-state index is 0.208. The fourth-order valence-corrected chi connectivity index (χ4v) is 2.07. The summed E-state index contributed by atoms with van der Waals surface area (Å²) in [4.78, 5) is 4.07. The van der Waals surface area contributed by atoms with Gasteiger partial charge in [-0.15, -0.1) is 0 Å². The molecule has 0 aromatic carbocycles. The highest BCUT2D eigenvalue weighted by Gasteiger charge is 2.22. The number of pyridine rings is 1. The van der Waals surface area contributed by atoms with Gasteiger partial charge in [0.25, 0.3) is 0 Å². The molecule has 0 radical (unpaired) electrons. The van der Waals surface area contributed by atoms with Crippen molar-refractivity contribution in [2.75, 3.05) is 0 Å². The summed E-state index contributed by atoms with van der Waals surface area (Å²) in [5.74, 6) is 6.38. The Morgan fingerprint density at radius 2 is 2.33 bits per heavy atom. The van der Waals surface area contributed by atoms with Gasteiger partial charge in [-0.25, -0.2) is 4.98 Å². The Labute approximate surface area is 95.0 Å². The third kappa shape index (κ3) is 2.68. The predicted molar refractivity (Wildman–Crippen MR) is 61.3 cm³/mol. The molecule has 0 saturated heterocycles. The van der Waals surface area contributed by atoms with Gasteiger partial charge in [-0.3, -0.25) is 11.3 Å². The highest BCUT2D eigenvalue weighted by molar-refractivity contribution is 6.29. The molecule has 3 nitrogen and oxygen atoms in total. The van der Waals surface area contributed by atoms with Crippen LogP contribution in [-0.4, -0.2) is 4.98 Å². The highest BCUT2D eigenvalue weighted by atomic mass is 35.5. The first-order valence-corrected chi connectivity index (χ1v) is 5.75. The molecule has 0 amide bonds. The topological polar surface area (TPSA) is 50.9 Å². The number of nitrogens with two attached hydrogens (primary N) is 1. The van der Waals surface area contributed by atoms with Crippen LogP contribution in [0.2, 0.25) is 5.15 Å². The Balaban J connectivity index is 2.01. The van der Waals surface area contributed by atoms with Gasteiger partial charge in [0.05, 0.1) is 0 Å². The summed E-state index contributed by atoms with van der Waals surface area (Å²) in [6.07, 6.45) is 6.92. The smallest absolute Gasteiger partial charge is 0.129 e. The second-order valence-electron chi connectivity index (χ2n) is 4.17. The number of nitrogens with zero attached hydrogens (tertiary/aromatic N) is 1. The predicted octanol–water partition coefficient (Wildman–Crippen LogP) is 2.43. The molecule has 1 saturated carbocycles. The zero-order valence-electron chi connectivity index (χ0n) is 8.62. The van der Waals surface area contributed by atoms with Crippen LogP contribution in [0.15, 0.2) is 18.3 Å². The average molecular weight is 226 g/mol. The number of hydrazine groups is 1. The van der Waals surface area contributed by atoms with Gasteiger partial charge in [0.2, 0.25) is 0 Å². The Hall–Kier alpha value is -0.640. The molecule has 15 heavy (non-hydrogen) atoms. The minimum absolute atomic E-state index is 0.208. The molecule has 82 valence electrons. The van der Waals surface area contributed by atoms with Crippen molar-refractivity contribution >= 4 is 11.6 Å². The van der Waals surface area contributed by atoms with Gasteiger partial charge in [0.15, 0.2) is 0 Å². The summed E-state index contributed by atoms with van der Waals surface area (Å²) >= 11 is 5.74. The SMILES string of the molecule is NNC(CC1CCC1)c1ccc(Cl)nc1. The third-order valence-corrected chi connectivity index (χ3v) is 3.37. The number of hydrogen-bond donors (Lipinski definition) is 2. The summed E-state index contributed by atoms with van der Waals surface area (Å²) in [5.41, 5.74) is 3.97. The maximum Gasteiger partial charge on any atom is 0.129 e. The Kier molecular flexibility index (Phi) is 3.57. The van der Waals surface area contributed by atoms with Crippen LogP contribution in [0.1, 0.15) is 37.3 Å². The van der Waals surface area contributed by atoms with E-state index in [1.807, 2.05) is 12.1 Å². The Morgan fingerprint density at radius 1 is 1.53 bits per heavy atom. The van der Waals surface area contributed by atoms with E-state index in [0.29, 0.717) is 5.15 Å². The number of aromatic nitrogens is 1. The molecular weight excluding hydrogens is 210 g/mol. The van der Waals surface area contributed by atoms with Crippen molar-refractivity contribution in [3.63, 3.8) is 0 Å². The van der Waals surface area contributed by atoms with E-state index in [-0.39, 0.29) is 6.04 Å². The van der Waals surface area contributed by atoms with Crippen molar-refractivity contribution in [2.45, 2.75) is 31.7 Å². The van der Waals surface area contributed by atoms with Gasteiger partial charge in [0.1, 0.15) is 5.15 Å². The zero-order chi connectivity index (χ0) is 10.7. The van der Waals surface area contributed by atoms with Crippen molar-refractivity contribution < 1.29 is 0 Å². The van der Waals surface area contributed by atoms with E-state index >= 15 is 0 Å². The summed E-state index contributed by atoms with van der Waals surface area (Å²) in [6, 6.07) is 4.00. The van der Waals surface area contributed by atoms with Crippen molar-refractivity contribution in [3.05, 3.63) is 29.0 Å². The van der Waals surface area contributed by atoms with E-state index in [0.717, 1.165) is 17.9 Å². The first-order valence-electron chi connectivity index (χ1n) is 5.37. The van der Waals surface area contributed by atoms with E-state index in [9.17, 15) is 0 Å². The summed E-state index contributed by atoms with van der Waals surface area (Å²) < 4.78 is 0. The van der Waals surface area contributed by atoms with E-state index in [4.69, 9.17) is 17.4 Å². The Bertz CT molecular complexity index is 308. The average Bonchev–Trinajstić information content (AvgIpc) is 2.19. The van der Waals surface area contributed by atoms with Crippen LogP contribution in [0.25, 0.3) is 0 Å². The number of rotatable bonds is 4. The molecule has 0 aliphatic heterocycles. The van der Waals surface area contributed by atoms with Gasteiger partial charge >= 0.3 is 0 Å². The lowest BCUT2D eigenvalue weighted by Crippen LogP contribution is -2.31. The van der Waals surface area contributed by atoms with Crippen LogP contribution in [-0.2, 0) is 0 Å². The first kappa shape index (κ1) is 10.9. The quantitative estimate of drug-likeness (QED) is 0.470.